The van der Waals surface area contributed by atoms with Gasteiger partial charge in [0.15, 0.2) is 0 Å². The van der Waals surface area contributed by atoms with E-state index in [0.717, 1.165) is 6.54 Å². The Labute approximate surface area is 92.8 Å². The number of terminal acetylenes is 1. The number of nitrogens with one attached hydrogen (secondary N) is 1. The quantitative estimate of drug-likeness (QED) is 0.508. The van der Waals surface area contributed by atoms with Crippen LogP contribution < -0.4 is 5.32 Å². The van der Waals surface area contributed by atoms with Crippen molar-refractivity contribution in [3.63, 3.8) is 0 Å². The molecule has 0 aliphatic heterocycles. The third-order valence-corrected chi connectivity index (χ3v) is 3.28. The minimum absolute atomic E-state index is 0.533. The summed E-state index contributed by atoms with van der Waals surface area (Å²) in [5, 5.41) is 3.23. The fourth-order valence-corrected chi connectivity index (χ4v) is 2.01. The average molecular weight is 214 g/mol. The zero-order valence-electron chi connectivity index (χ0n) is 9.71. The second kappa shape index (κ2) is 8.16. The summed E-state index contributed by atoms with van der Waals surface area (Å²) in [5.41, 5.74) is 0. The van der Waals surface area contributed by atoms with Crippen LogP contribution in [0, 0.1) is 12.3 Å². The fraction of sp³-hybridized carbons (Fsp3) is 0.818. The largest absolute Gasteiger partial charge is 0.305 e. The van der Waals surface area contributed by atoms with Crippen LogP contribution in [0.2, 0.25) is 0 Å². The predicted molar refractivity (Wildman–Crippen MR) is 66.8 cm³/mol. The molecule has 0 aliphatic carbocycles. The van der Waals surface area contributed by atoms with Gasteiger partial charge in [-0.25, -0.2) is 0 Å². The Morgan fingerprint density at radius 1 is 1.43 bits per heavy atom. The Bertz CT molecular complexity index is 177. The topological polar surface area (TPSA) is 15.3 Å². The van der Waals surface area contributed by atoms with Gasteiger partial charge in [0, 0.05) is 24.4 Å². The Hall–Kier alpha value is -0.170. The summed E-state index contributed by atoms with van der Waals surface area (Å²) in [7, 11) is 2.17. The lowest BCUT2D eigenvalue weighted by atomic mass is 10.2. The van der Waals surface area contributed by atoms with Crippen LogP contribution in [-0.4, -0.2) is 49.1 Å². The second-order valence-electron chi connectivity index (χ2n) is 3.65. The van der Waals surface area contributed by atoms with E-state index >= 15 is 0 Å². The minimum atomic E-state index is 0.533. The molecule has 0 aromatic carbocycles. The maximum Gasteiger partial charge on any atom is 0.0574 e. The monoisotopic (exact) mass is 214 g/mol. The minimum Gasteiger partial charge on any atom is -0.305 e. The smallest absolute Gasteiger partial charge is 0.0574 e. The Balaban J connectivity index is 3.74. The second-order valence-corrected chi connectivity index (χ2v) is 4.56. The lowest BCUT2D eigenvalue weighted by Gasteiger charge is -2.30. The van der Waals surface area contributed by atoms with E-state index in [4.69, 9.17) is 6.42 Å². The van der Waals surface area contributed by atoms with E-state index in [1.54, 1.807) is 0 Å². The molecule has 0 aliphatic rings. The molecule has 1 N–H and O–H groups in total. The van der Waals surface area contributed by atoms with Crippen molar-refractivity contribution in [2.75, 3.05) is 32.1 Å². The summed E-state index contributed by atoms with van der Waals surface area (Å²) in [6, 6.07) is 1.15. The maximum atomic E-state index is 5.17. The maximum absolute atomic E-state index is 5.17. The first-order valence-electron chi connectivity index (χ1n) is 4.98. The van der Waals surface area contributed by atoms with Crippen LogP contribution in [0.25, 0.3) is 0 Å². The SMILES string of the molecule is C#CCNCC(C)N(C)C(C)CSC. The molecular weight excluding hydrogens is 192 g/mol. The van der Waals surface area contributed by atoms with E-state index in [2.05, 4.69) is 43.3 Å². The molecule has 0 saturated heterocycles. The van der Waals surface area contributed by atoms with Gasteiger partial charge in [0.2, 0.25) is 0 Å². The Morgan fingerprint density at radius 2 is 2.07 bits per heavy atom. The lowest BCUT2D eigenvalue weighted by molar-refractivity contribution is 0.208. The Morgan fingerprint density at radius 3 is 2.57 bits per heavy atom. The van der Waals surface area contributed by atoms with Crippen molar-refractivity contribution in [1.29, 1.82) is 0 Å². The first kappa shape index (κ1) is 13.8. The summed E-state index contributed by atoms with van der Waals surface area (Å²) in [5.74, 6) is 3.76. The molecule has 2 unspecified atom stereocenters. The standard InChI is InChI=1S/C11H22N2S/c1-6-7-12-8-10(2)13(4)11(3)9-14-5/h1,10-12H,7-9H2,2-5H3. The van der Waals surface area contributed by atoms with Crippen LogP contribution in [-0.2, 0) is 0 Å². The predicted octanol–water partition coefficient (Wildman–Crippen LogP) is 1.28. The molecule has 14 heavy (non-hydrogen) atoms. The summed E-state index contributed by atoms with van der Waals surface area (Å²) >= 11 is 1.89. The van der Waals surface area contributed by atoms with Crippen molar-refractivity contribution < 1.29 is 0 Å². The average Bonchev–Trinajstić information content (AvgIpc) is 2.17. The number of nitrogens with zero attached hydrogens (tertiary/aromatic N) is 1. The van der Waals surface area contributed by atoms with Gasteiger partial charge in [-0.05, 0) is 27.2 Å². The van der Waals surface area contributed by atoms with Crippen LogP contribution >= 0.6 is 11.8 Å². The van der Waals surface area contributed by atoms with Gasteiger partial charge in [0.05, 0.1) is 6.54 Å². The van der Waals surface area contributed by atoms with Gasteiger partial charge in [0.25, 0.3) is 0 Å². The van der Waals surface area contributed by atoms with E-state index in [1.165, 1.54) is 5.75 Å². The van der Waals surface area contributed by atoms with Gasteiger partial charge in [-0.2, -0.15) is 11.8 Å². The van der Waals surface area contributed by atoms with E-state index in [9.17, 15) is 0 Å². The van der Waals surface area contributed by atoms with Crippen molar-refractivity contribution >= 4 is 11.8 Å². The number of hydrogen-bond donors (Lipinski definition) is 1. The number of rotatable bonds is 7. The molecule has 0 aromatic rings. The number of thioether (sulfide) groups is 1. The highest BCUT2D eigenvalue weighted by atomic mass is 32.2. The zero-order valence-corrected chi connectivity index (χ0v) is 10.5. The van der Waals surface area contributed by atoms with Crippen LogP contribution in [0.5, 0.6) is 0 Å². The first-order valence-corrected chi connectivity index (χ1v) is 6.37. The van der Waals surface area contributed by atoms with Crippen LogP contribution in [0.15, 0.2) is 0 Å². The molecule has 0 spiro atoms. The fourth-order valence-electron chi connectivity index (χ4n) is 1.29. The highest BCUT2D eigenvalue weighted by molar-refractivity contribution is 7.98. The van der Waals surface area contributed by atoms with Crippen molar-refractivity contribution in [2.45, 2.75) is 25.9 Å². The van der Waals surface area contributed by atoms with E-state index in [0.29, 0.717) is 18.6 Å². The third-order valence-electron chi connectivity index (χ3n) is 2.47. The molecular formula is C11H22N2S. The summed E-state index contributed by atoms with van der Waals surface area (Å²) < 4.78 is 0. The van der Waals surface area contributed by atoms with Crippen molar-refractivity contribution in [1.82, 2.24) is 10.2 Å². The molecule has 0 heterocycles. The van der Waals surface area contributed by atoms with E-state index < -0.39 is 0 Å². The molecule has 0 rings (SSSR count). The van der Waals surface area contributed by atoms with Crippen molar-refractivity contribution in [3.8, 4) is 12.3 Å². The zero-order chi connectivity index (χ0) is 11.0. The molecule has 0 amide bonds. The van der Waals surface area contributed by atoms with Gasteiger partial charge in [-0.1, -0.05) is 5.92 Å². The van der Waals surface area contributed by atoms with Gasteiger partial charge in [0.1, 0.15) is 0 Å². The molecule has 3 heteroatoms. The van der Waals surface area contributed by atoms with Gasteiger partial charge in [-0.3, -0.25) is 4.90 Å². The van der Waals surface area contributed by atoms with Crippen LogP contribution in [0.1, 0.15) is 13.8 Å². The highest BCUT2D eigenvalue weighted by Crippen LogP contribution is 2.06. The molecule has 0 saturated carbocycles. The van der Waals surface area contributed by atoms with E-state index in [1.807, 2.05) is 11.8 Å². The molecule has 0 radical (unpaired) electrons. The number of hydrogen-bond acceptors (Lipinski definition) is 3. The van der Waals surface area contributed by atoms with Gasteiger partial charge in [-0.15, -0.1) is 6.42 Å². The van der Waals surface area contributed by atoms with Gasteiger partial charge < -0.3 is 5.32 Å². The molecule has 82 valence electrons. The van der Waals surface area contributed by atoms with Gasteiger partial charge >= 0.3 is 0 Å². The van der Waals surface area contributed by atoms with Crippen molar-refractivity contribution in [3.05, 3.63) is 0 Å². The normalized spacial score (nSPS) is 15.1. The number of likely N-dealkylation sites (N-methyl/N-ethyl adjacent to an activating group) is 1. The summed E-state index contributed by atoms with van der Waals surface area (Å²) in [6.45, 7) is 6.10. The molecule has 2 atom stereocenters. The van der Waals surface area contributed by atoms with Crippen LogP contribution in [0.3, 0.4) is 0 Å². The first-order chi connectivity index (χ1) is 6.63. The molecule has 0 aromatic heterocycles. The van der Waals surface area contributed by atoms with Crippen LogP contribution in [0.4, 0.5) is 0 Å². The van der Waals surface area contributed by atoms with Crippen molar-refractivity contribution in [2.24, 2.45) is 0 Å². The summed E-state index contributed by atoms with van der Waals surface area (Å²) in [6.07, 6.45) is 7.31. The third kappa shape index (κ3) is 5.54. The highest BCUT2D eigenvalue weighted by Gasteiger charge is 2.14. The Kier molecular flexibility index (Phi) is 8.07. The van der Waals surface area contributed by atoms with E-state index in [-0.39, 0.29) is 0 Å². The summed E-state index contributed by atoms with van der Waals surface area (Å²) in [4.78, 5) is 2.39. The molecule has 2 nitrogen and oxygen atoms in total. The molecule has 0 bridgehead atoms. The lowest BCUT2D eigenvalue weighted by Crippen LogP contribution is -2.43. The molecule has 0 fully saturated rings.